The highest BCUT2D eigenvalue weighted by Crippen LogP contribution is 2.25. The average molecular weight is 356 g/mol. The topological polar surface area (TPSA) is 30.5 Å². The van der Waals surface area contributed by atoms with Crippen molar-refractivity contribution >= 4 is 5.69 Å². The van der Waals surface area contributed by atoms with E-state index in [9.17, 15) is 0 Å². The third-order valence-corrected chi connectivity index (χ3v) is 4.54. The molecule has 0 heterocycles. The molecule has 0 amide bonds. The van der Waals surface area contributed by atoms with E-state index in [2.05, 4.69) is 63.3 Å². The van der Waals surface area contributed by atoms with Crippen LogP contribution < -0.4 is 14.8 Å². The Bertz CT molecular complexity index is 677. The van der Waals surface area contributed by atoms with Crippen LogP contribution in [0.2, 0.25) is 0 Å². The zero-order valence-corrected chi connectivity index (χ0v) is 16.9. The second-order valence-electron chi connectivity index (χ2n) is 7.70. The number of hydrogen-bond acceptors (Lipinski definition) is 3. The quantitative estimate of drug-likeness (QED) is 0.530. The van der Waals surface area contributed by atoms with E-state index >= 15 is 0 Å². The molecule has 0 atom stereocenters. The van der Waals surface area contributed by atoms with Crippen molar-refractivity contribution in [2.24, 2.45) is 5.41 Å². The molecule has 0 aliphatic rings. The van der Waals surface area contributed by atoms with Gasteiger partial charge in [-0.1, -0.05) is 26.0 Å². The van der Waals surface area contributed by atoms with Gasteiger partial charge < -0.3 is 14.8 Å². The van der Waals surface area contributed by atoms with Crippen LogP contribution in [-0.4, -0.2) is 19.8 Å². The molecule has 2 aromatic carbocycles. The van der Waals surface area contributed by atoms with Crippen LogP contribution in [0.3, 0.4) is 0 Å². The lowest BCUT2D eigenvalue weighted by molar-refractivity contribution is 0.263. The molecule has 0 saturated heterocycles. The predicted octanol–water partition coefficient (Wildman–Crippen LogP) is 6.00. The first kappa shape index (κ1) is 20.2. The van der Waals surface area contributed by atoms with Gasteiger partial charge in [0, 0.05) is 12.2 Å². The number of ether oxygens (including phenoxy) is 2. The Morgan fingerprint density at radius 2 is 1.69 bits per heavy atom. The van der Waals surface area contributed by atoms with Crippen molar-refractivity contribution in [1.82, 2.24) is 0 Å². The van der Waals surface area contributed by atoms with Crippen LogP contribution in [-0.2, 0) is 0 Å². The molecule has 0 spiro atoms. The SMILES string of the molecule is CCOc1ccc(NCC(C)(C)CCCOc2cc(C)ccc2C)cc1. The van der Waals surface area contributed by atoms with Gasteiger partial charge in [-0.3, -0.25) is 0 Å². The Kier molecular flexibility index (Phi) is 7.38. The van der Waals surface area contributed by atoms with Gasteiger partial charge in [0.1, 0.15) is 11.5 Å². The summed E-state index contributed by atoms with van der Waals surface area (Å²) in [4.78, 5) is 0. The average Bonchev–Trinajstić information content (AvgIpc) is 2.61. The van der Waals surface area contributed by atoms with Gasteiger partial charge in [-0.15, -0.1) is 0 Å². The van der Waals surface area contributed by atoms with Crippen molar-refractivity contribution in [2.45, 2.75) is 47.5 Å². The van der Waals surface area contributed by atoms with Crippen LogP contribution in [0.15, 0.2) is 42.5 Å². The summed E-state index contributed by atoms with van der Waals surface area (Å²) in [5.74, 6) is 1.93. The number of hydrogen-bond donors (Lipinski definition) is 1. The van der Waals surface area contributed by atoms with E-state index in [1.807, 2.05) is 19.1 Å². The largest absolute Gasteiger partial charge is 0.494 e. The number of aryl methyl sites for hydroxylation is 2. The highest BCUT2D eigenvalue weighted by molar-refractivity contribution is 5.46. The van der Waals surface area contributed by atoms with Crippen molar-refractivity contribution in [1.29, 1.82) is 0 Å². The Morgan fingerprint density at radius 3 is 2.38 bits per heavy atom. The second kappa shape index (κ2) is 9.51. The zero-order valence-electron chi connectivity index (χ0n) is 16.9. The molecular weight excluding hydrogens is 322 g/mol. The van der Waals surface area contributed by atoms with Crippen molar-refractivity contribution in [3.8, 4) is 11.5 Å². The first-order valence-corrected chi connectivity index (χ1v) is 9.56. The maximum Gasteiger partial charge on any atom is 0.122 e. The van der Waals surface area contributed by atoms with Gasteiger partial charge in [-0.05, 0) is 80.5 Å². The summed E-state index contributed by atoms with van der Waals surface area (Å²) in [6.07, 6.45) is 2.16. The number of nitrogens with one attached hydrogen (secondary N) is 1. The fourth-order valence-electron chi connectivity index (χ4n) is 2.86. The molecule has 0 radical (unpaired) electrons. The molecule has 3 nitrogen and oxygen atoms in total. The molecule has 0 aliphatic heterocycles. The van der Waals surface area contributed by atoms with Crippen LogP contribution in [0.4, 0.5) is 5.69 Å². The van der Waals surface area contributed by atoms with Crippen molar-refractivity contribution in [3.63, 3.8) is 0 Å². The summed E-state index contributed by atoms with van der Waals surface area (Å²) in [5.41, 5.74) is 3.79. The van der Waals surface area contributed by atoms with Gasteiger partial charge in [0.15, 0.2) is 0 Å². The van der Waals surface area contributed by atoms with Crippen molar-refractivity contribution in [2.75, 3.05) is 25.1 Å². The summed E-state index contributed by atoms with van der Waals surface area (Å²) in [6.45, 7) is 13.2. The molecule has 2 aromatic rings. The van der Waals surface area contributed by atoms with Crippen molar-refractivity contribution in [3.05, 3.63) is 53.6 Å². The Labute approximate surface area is 158 Å². The molecule has 26 heavy (non-hydrogen) atoms. The van der Waals surface area contributed by atoms with Gasteiger partial charge in [-0.25, -0.2) is 0 Å². The van der Waals surface area contributed by atoms with Crippen LogP contribution in [0.5, 0.6) is 11.5 Å². The maximum absolute atomic E-state index is 5.98. The summed E-state index contributed by atoms with van der Waals surface area (Å²) >= 11 is 0. The van der Waals surface area contributed by atoms with Gasteiger partial charge in [-0.2, -0.15) is 0 Å². The van der Waals surface area contributed by atoms with Gasteiger partial charge >= 0.3 is 0 Å². The first-order chi connectivity index (χ1) is 12.4. The number of anilines is 1. The fraction of sp³-hybridized carbons (Fsp3) is 0.478. The Morgan fingerprint density at radius 1 is 0.962 bits per heavy atom. The van der Waals surface area contributed by atoms with E-state index in [0.717, 1.165) is 43.2 Å². The highest BCUT2D eigenvalue weighted by atomic mass is 16.5. The number of benzene rings is 2. The van der Waals surface area contributed by atoms with Crippen LogP contribution in [0.1, 0.15) is 44.7 Å². The van der Waals surface area contributed by atoms with E-state index < -0.39 is 0 Å². The summed E-state index contributed by atoms with van der Waals surface area (Å²) < 4.78 is 11.5. The molecule has 0 bridgehead atoms. The van der Waals surface area contributed by atoms with E-state index in [1.165, 1.54) is 11.1 Å². The minimum Gasteiger partial charge on any atom is -0.494 e. The smallest absolute Gasteiger partial charge is 0.122 e. The molecule has 0 saturated carbocycles. The summed E-state index contributed by atoms with van der Waals surface area (Å²) in [5, 5.41) is 3.53. The molecule has 142 valence electrons. The second-order valence-corrected chi connectivity index (χ2v) is 7.70. The van der Waals surface area contributed by atoms with Gasteiger partial charge in [0.05, 0.1) is 13.2 Å². The molecule has 1 N–H and O–H groups in total. The monoisotopic (exact) mass is 355 g/mol. The Hall–Kier alpha value is -2.16. The standard InChI is InChI=1S/C23H33NO2/c1-6-25-21-12-10-20(11-13-21)24-17-23(4,5)14-7-15-26-22-16-18(2)8-9-19(22)3/h8-13,16,24H,6-7,14-15,17H2,1-5H3. The fourth-order valence-corrected chi connectivity index (χ4v) is 2.86. The van der Waals surface area contributed by atoms with Crippen molar-refractivity contribution < 1.29 is 9.47 Å². The van der Waals surface area contributed by atoms with E-state index in [1.54, 1.807) is 0 Å². The van der Waals surface area contributed by atoms with Crippen LogP contribution in [0.25, 0.3) is 0 Å². The summed E-state index contributed by atoms with van der Waals surface area (Å²) in [7, 11) is 0. The van der Waals surface area contributed by atoms with Crippen LogP contribution >= 0.6 is 0 Å². The molecular formula is C23H33NO2. The third kappa shape index (κ3) is 6.62. The first-order valence-electron chi connectivity index (χ1n) is 9.56. The molecule has 0 aromatic heterocycles. The third-order valence-electron chi connectivity index (χ3n) is 4.54. The van der Waals surface area contributed by atoms with Gasteiger partial charge in [0.2, 0.25) is 0 Å². The lowest BCUT2D eigenvalue weighted by atomic mass is 9.88. The molecule has 0 aliphatic carbocycles. The Balaban J connectivity index is 1.73. The minimum atomic E-state index is 0.212. The molecule has 2 rings (SSSR count). The molecule has 0 fully saturated rings. The summed E-state index contributed by atoms with van der Waals surface area (Å²) in [6, 6.07) is 14.5. The normalized spacial score (nSPS) is 11.3. The lowest BCUT2D eigenvalue weighted by Gasteiger charge is -2.25. The highest BCUT2D eigenvalue weighted by Gasteiger charge is 2.17. The van der Waals surface area contributed by atoms with Crippen LogP contribution in [0, 0.1) is 19.3 Å². The number of rotatable bonds is 10. The molecule has 3 heteroatoms. The molecule has 0 unspecified atom stereocenters. The maximum atomic E-state index is 5.98. The van der Waals surface area contributed by atoms with E-state index in [4.69, 9.17) is 9.47 Å². The van der Waals surface area contributed by atoms with Gasteiger partial charge in [0.25, 0.3) is 0 Å². The minimum absolute atomic E-state index is 0.212. The van der Waals surface area contributed by atoms with E-state index in [0.29, 0.717) is 6.61 Å². The predicted molar refractivity (Wildman–Crippen MR) is 111 cm³/mol. The zero-order chi connectivity index (χ0) is 19.0. The van der Waals surface area contributed by atoms with E-state index in [-0.39, 0.29) is 5.41 Å². The lowest BCUT2D eigenvalue weighted by Crippen LogP contribution is -2.23.